The summed E-state index contributed by atoms with van der Waals surface area (Å²) in [6.07, 6.45) is 9.12. The van der Waals surface area contributed by atoms with E-state index in [0.717, 1.165) is 23.9 Å². The maximum Gasteiger partial charge on any atom is 0.248 e. The first-order valence-electron chi connectivity index (χ1n) is 11.8. The summed E-state index contributed by atoms with van der Waals surface area (Å²) in [5.74, 6) is 2.68. The van der Waals surface area contributed by atoms with Gasteiger partial charge in [0.25, 0.3) is 0 Å². The number of amides is 1. The van der Waals surface area contributed by atoms with Gasteiger partial charge in [-0.15, -0.1) is 0 Å². The van der Waals surface area contributed by atoms with Crippen molar-refractivity contribution < 1.29 is 9.53 Å². The van der Waals surface area contributed by atoms with Gasteiger partial charge in [-0.2, -0.15) is 0 Å². The molecule has 0 radical (unpaired) electrons. The van der Waals surface area contributed by atoms with E-state index in [2.05, 4.69) is 50.5 Å². The standard InChI is InChI=1S/C25H34N4O2/c1-19-2-6-22(7-3-19)25-26-10-13-28(25)16-23-17-29(24(30)18-31-23)15-21-8-11-27(12-9-21)14-20-4-5-20/h2-3,6-7,10,13,20-21,23H,4-5,8-9,11-12,14-18H2,1H3. The zero-order valence-electron chi connectivity index (χ0n) is 18.6. The molecule has 2 saturated heterocycles. The number of benzene rings is 1. The minimum atomic E-state index is 0.00561. The summed E-state index contributed by atoms with van der Waals surface area (Å²) in [7, 11) is 0. The van der Waals surface area contributed by atoms with E-state index in [1.165, 1.54) is 50.9 Å². The summed E-state index contributed by atoms with van der Waals surface area (Å²) in [6.45, 7) is 8.23. The molecular formula is C25H34N4O2. The predicted octanol–water partition coefficient (Wildman–Crippen LogP) is 3.21. The molecule has 1 aromatic carbocycles. The van der Waals surface area contributed by atoms with Gasteiger partial charge in [0, 0.05) is 37.6 Å². The Morgan fingerprint density at radius 3 is 2.48 bits per heavy atom. The molecule has 2 aromatic rings. The Morgan fingerprint density at radius 1 is 1.00 bits per heavy atom. The summed E-state index contributed by atoms with van der Waals surface area (Å²) in [5.41, 5.74) is 2.35. The van der Waals surface area contributed by atoms with Crippen LogP contribution in [-0.4, -0.2) is 70.7 Å². The Balaban J connectivity index is 1.16. The van der Waals surface area contributed by atoms with E-state index >= 15 is 0 Å². The summed E-state index contributed by atoms with van der Waals surface area (Å²) >= 11 is 0. The second-order valence-electron chi connectivity index (χ2n) is 9.69. The van der Waals surface area contributed by atoms with Gasteiger partial charge in [0.05, 0.1) is 12.6 Å². The Hall–Kier alpha value is -2.18. The van der Waals surface area contributed by atoms with Crippen LogP contribution in [-0.2, 0) is 16.1 Å². The highest BCUT2D eigenvalue weighted by Gasteiger charge is 2.31. The number of ether oxygens (including phenoxy) is 1. The molecule has 166 valence electrons. The van der Waals surface area contributed by atoms with Crippen LogP contribution in [0.4, 0.5) is 0 Å². The molecule has 3 heterocycles. The third-order valence-electron chi connectivity index (χ3n) is 7.04. The van der Waals surface area contributed by atoms with Crippen molar-refractivity contribution in [2.24, 2.45) is 11.8 Å². The van der Waals surface area contributed by atoms with E-state index < -0.39 is 0 Å². The van der Waals surface area contributed by atoms with Gasteiger partial charge in [0.2, 0.25) is 5.91 Å². The normalized spacial score (nSPS) is 23.5. The third-order valence-corrected chi connectivity index (χ3v) is 7.04. The van der Waals surface area contributed by atoms with E-state index in [-0.39, 0.29) is 18.6 Å². The molecule has 6 heteroatoms. The Bertz CT molecular complexity index is 881. The summed E-state index contributed by atoms with van der Waals surface area (Å²) < 4.78 is 8.07. The first-order chi connectivity index (χ1) is 15.1. The molecular weight excluding hydrogens is 388 g/mol. The van der Waals surface area contributed by atoms with Gasteiger partial charge in [0.1, 0.15) is 12.4 Å². The molecule has 5 rings (SSSR count). The molecule has 1 amide bonds. The number of carbonyl (C=O) groups excluding carboxylic acids is 1. The highest BCUT2D eigenvalue weighted by atomic mass is 16.5. The second-order valence-corrected chi connectivity index (χ2v) is 9.69. The predicted molar refractivity (Wildman–Crippen MR) is 121 cm³/mol. The van der Waals surface area contributed by atoms with Crippen LogP contribution < -0.4 is 0 Å². The average Bonchev–Trinajstić information content (AvgIpc) is 3.48. The summed E-state index contributed by atoms with van der Waals surface area (Å²) in [5, 5.41) is 0. The molecule has 6 nitrogen and oxygen atoms in total. The van der Waals surface area contributed by atoms with Crippen molar-refractivity contribution in [3.8, 4) is 11.4 Å². The van der Waals surface area contributed by atoms with Gasteiger partial charge in [-0.1, -0.05) is 29.8 Å². The number of nitrogens with zero attached hydrogens (tertiary/aromatic N) is 4. The van der Waals surface area contributed by atoms with Crippen molar-refractivity contribution in [2.75, 3.05) is 39.3 Å². The molecule has 0 N–H and O–H groups in total. The number of morpholine rings is 1. The largest absolute Gasteiger partial charge is 0.365 e. The number of rotatable bonds is 7. The van der Waals surface area contributed by atoms with Crippen LogP contribution in [0.1, 0.15) is 31.2 Å². The number of imidazole rings is 1. The molecule has 0 bridgehead atoms. The van der Waals surface area contributed by atoms with Crippen LogP contribution in [0.25, 0.3) is 11.4 Å². The van der Waals surface area contributed by atoms with Crippen LogP contribution in [0, 0.1) is 18.8 Å². The molecule has 1 atom stereocenters. The van der Waals surface area contributed by atoms with E-state index in [1.807, 2.05) is 12.4 Å². The number of aryl methyl sites for hydroxylation is 1. The number of hydrogen-bond acceptors (Lipinski definition) is 4. The zero-order chi connectivity index (χ0) is 21.2. The molecule has 31 heavy (non-hydrogen) atoms. The maximum absolute atomic E-state index is 12.5. The van der Waals surface area contributed by atoms with Gasteiger partial charge in [-0.25, -0.2) is 4.98 Å². The van der Waals surface area contributed by atoms with Crippen molar-refractivity contribution in [1.82, 2.24) is 19.4 Å². The quantitative estimate of drug-likeness (QED) is 0.688. The van der Waals surface area contributed by atoms with Crippen LogP contribution in [0.2, 0.25) is 0 Å². The molecule has 3 fully saturated rings. The first kappa shape index (κ1) is 20.7. The van der Waals surface area contributed by atoms with Crippen molar-refractivity contribution in [1.29, 1.82) is 0 Å². The molecule has 1 unspecified atom stereocenters. The lowest BCUT2D eigenvalue weighted by atomic mass is 9.95. The van der Waals surface area contributed by atoms with Crippen molar-refractivity contribution >= 4 is 5.91 Å². The fourth-order valence-electron chi connectivity index (χ4n) is 4.94. The lowest BCUT2D eigenvalue weighted by Crippen LogP contribution is -2.50. The lowest BCUT2D eigenvalue weighted by molar-refractivity contribution is -0.150. The van der Waals surface area contributed by atoms with Gasteiger partial charge < -0.3 is 19.1 Å². The highest BCUT2D eigenvalue weighted by Crippen LogP contribution is 2.31. The van der Waals surface area contributed by atoms with Crippen molar-refractivity contribution in [3.63, 3.8) is 0 Å². The summed E-state index contributed by atoms with van der Waals surface area (Å²) in [4.78, 5) is 21.8. The van der Waals surface area contributed by atoms with Gasteiger partial charge in [0.15, 0.2) is 0 Å². The second kappa shape index (κ2) is 9.13. The highest BCUT2D eigenvalue weighted by molar-refractivity contribution is 5.78. The number of hydrogen-bond donors (Lipinski definition) is 0. The molecule has 3 aliphatic rings. The number of carbonyl (C=O) groups is 1. The van der Waals surface area contributed by atoms with Gasteiger partial charge in [-0.05, 0) is 57.5 Å². The fraction of sp³-hybridized carbons (Fsp3) is 0.600. The molecule has 1 aromatic heterocycles. The average molecular weight is 423 g/mol. The zero-order valence-corrected chi connectivity index (χ0v) is 18.6. The SMILES string of the molecule is Cc1ccc(-c2nccn2CC2CN(CC3CCN(CC4CC4)CC3)C(=O)CO2)cc1. The van der Waals surface area contributed by atoms with E-state index in [1.54, 1.807) is 0 Å². The fourth-order valence-corrected chi connectivity index (χ4v) is 4.94. The van der Waals surface area contributed by atoms with Crippen LogP contribution in [0.5, 0.6) is 0 Å². The maximum atomic E-state index is 12.5. The Kier molecular flexibility index (Phi) is 6.10. The lowest BCUT2D eigenvalue weighted by Gasteiger charge is -2.38. The van der Waals surface area contributed by atoms with Gasteiger partial charge in [-0.3, -0.25) is 4.79 Å². The van der Waals surface area contributed by atoms with E-state index in [0.29, 0.717) is 19.0 Å². The smallest absolute Gasteiger partial charge is 0.248 e. The minimum Gasteiger partial charge on any atom is -0.365 e. The van der Waals surface area contributed by atoms with Crippen LogP contribution >= 0.6 is 0 Å². The Labute approximate surface area is 185 Å². The van der Waals surface area contributed by atoms with E-state index in [9.17, 15) is 4.79 Å². The molecule has 1 saturated carbocycles. The van der Waals surface area contributed by atoms with E-state index in [4.69, 9.17) is 4.74 Å². The van der Waals surface area contributed by atoms with Crippen molar-refractivity contribution in [2.45, 2.75) is 45.3 Å². The number of aromatic nitrogens is 2. The van der Waals surface area contributed by atoms with Crippen LogP contribution in [0.3, 0.4) is 0 Å². The van der Waals surface area contributed by atoms with Crippen molar-refractivity contribution in [3.05, 3.63) is 42.2 Å². The first-order valence-corrected chi connectivity index (χ1v) is 11.8. The molecule has 0 spiro atoms. The topological polar surface area (TPSA) is 50.6 Å². The summed E-state index contributed by atoms with van der Waals surface area (Å²) in [6, 6.07) is 8.45. The minimum absolute atomic E-state index is 0.00561. The third kappa shape index (κ3) is 5.18. The Morgan fingerprint density at radius 2 is 1.74 bits per heavy atom. The molecule has 1 aliphatic carbocycles. The number of likely N-dealkylation sites (tertiary alicyclic amines) is 1. The molecule has 2 aliphatic heterocycles. The number of piperidine rings is 1. The van der Waals surface area contributed by atoms with Gasteiger partial charge >= 0.3 is 0 Å². The monoisotopic (exact) mass is 422 g/mol. The van der Waals surface area contributed by atoms with Crippen LogP contribution in [0.15, 0.2) is 36.7 Å².